The molecule has 0 aliphatic carbocycles. The molecule has 0 spiro atoms. The second-order valence-corrected chi connectivity index (χ2v) is 3.23. The van der Waals surface area contributed by atoms with E-state index < -0.39 is 0 Å². The third-order valence-corrected chi connectivity index (χ3v) is 1.84. The summed E-state index contributed by atoms with van der Waals surface area (Å²) in [4.78, 5) is 0. The first-order valence-electron chi connectivity index (χ1n) is 5.46. The summed E-state index contributed by atoms with van der Waals surface area (Å²) in [5.74, 6) is 1.29. The molecule has 0 radical (unpaired) electrons. The van der Waals surface area contributed by atoms with Crippen molar-refractivity contribution >= 4 is 0 Å². The van der Waals surface area contributed by atoms with Crippen LogP contribution in [0.1, 0.15) is 32.0 Å². The zero-order valence-electron chi connectivity index (χ0n) is 9.45. The second kappa shape index (κ2) is 7.36. The summed E-state index contributed by atoms with van der Waals surface area (Å²) < 4.78 is 10.7. The Labute approximate surface area is 90.2 Å². The Morgan fingerprint density at radius 2 is 2.00 bits per heavy atom. The molecule has 0 aliphatic heterocycles. The Balaban J connectivity index is 2.20. The van der Waals surface area contributed by atoms with Gasteiger partial charge >= 0.3 is 0 Å². The second-order valence-electron chi connectivity index (χ2n) is 3.23. The van der Waals surface area contributed by atoms with Crippen LogP contribution in [0.5, 0.6) is 0 Å². The van der Waals surface area contributed by atoms with Gasteiger partial charge in [-0.15, -0.1) is 10.2 Å². The minimum atomic E-state index is 0.638. The van der Waals surface area contributed by atoms with E-state index in [4.69, 9.17) is 9.15 Å². The van der Waals surface area contributed by atoms with Gasteiger partial charge in [-0.05, 0) is 13.0 Å². The zero-order valence-corrected chi connectivity index (χ0v) is 9.45. The van der Waals surface area contributed by atoms with Crippen LogP contribution in [0.2, 0.25) is 0 Å². The first-order valence-corrected chi connectivity index (χ1v) is 5.46. The van der Waals surface area contributed by atoms with E-state index in [0.29, 0.717) is 31.4 Å². The van der Waals surface area contributed by atoms with Crippen molar-refractivity contribution in [2.24, 2.45) is 0 Å². The van der Waals surface area contributed by atoms with Gasteiger partial charge in [-0.1, -0.05) is 13.8 Å². The van der Waals surface area contributed by atoms with Crippen LogP contribution in [0.15, 0.2) is 4.42 Å². The Morgan fingerprint density at radius 1 is 1.20 bits per heavy atom. The van der Waals surface area contributed by atoms with Gasteiger partial charge in [0.05, 0.1) is 13.2 Å². The van der Waals surface area contributed by atoms with Gasteiger partial charge in [-0.2, -0.15) is 0 Å². The SMILES string of the molecule is CCCOCCc1nnc(CNCC)o1. The van der Waals surface area contributed by atoms with Crippen LogP contribution in [0, 0.1) is 0 Å². The molecule has 1 rings (SSSR count). The van der Waals surface area contributed by atoms with Gasteiger partial charge in [0.2, 0.25) is 11.8 Å². The average Bonchev–Trinajstić information content (AvgIpc) is 2.69. The minimum Gasteiger partial charge on any atom is -0.424 e. The third kappa shape index (κ3) is 4.90. The first-order chi connectivity index (χ1) is 7.36. The standard InChI is InChI=1S/C10H19N3O2/c1-3-6-14-7-5-9-12-13-10(15-9)8-11-4-2/h11H,3-8H2,1-2H3. The van der Waals surface area contributed by atoms with Crippen molar-refractivity contribution in [3.8, 4) is 0 Å². The van der Waals surface area contributed by atoms with E-state index in [-0.39, 0.29) is 0 Å². The molecule has 0 aromatic carbocycles. The Morgan fingerprint density at radius 3 is 2.73 bits per heavy atom. The molecular weight excluding hydrogens is 194 g/mol. The van der Waals surface area contributed by atoms with Gasteiger partial charge in [-0.25, -0.2) is 0 Å². The van der Waals surface area contributed by atoms with Crippen LogP contribution in [0.3, 0.4) is 0 Å². The van der Waals surface area contributed by atoms with Crippen molar-refractivity contribution in [3.05, 3.63) is 11.8 Å². The Kier molecular flexibility index (Phi) is 5.96. The molecular formula is C10H19N3O2. The number of ether oxygens (including phenoxy) is 1. The molecule has 5 nitrogen and oxygen atoms in total. The minimum absolute atomic E-state index is 0.638. The maximum atomic E-state index is 5.40. The van der Waals surface area contributed by atoms with Crippen LogP contribution in [-0.2, 0) is 17.7 Å². The predicted molar refractivity (Wildman–Crippen MR) is 56.5 cm³/mol. The molecule has 0 fully saturated rings. The third-order valence-electron chi connectivity index (χ3n) is 1.84. The van der Waals surface area contributed by atoms with Crippen molar-refractivity contribution in [2.45, 2.75) is 33.2 Å². The molecule has 0 atom stereocenters. The quantitative estimate of drug-likeness (QED) is 0.656. The molecule has 0 bridgehead atoms. The van der Waals surface area contributed by atoms with Gasteiger partial charge < -0.3 is 14.5 Å². The van der Waals surface area contributed by atoms with Crippen molar-refractivity contribution in [2.75, 3.05) is 19.8 Å². The summed E-state index contributed by atoms with van der Waals surface area (Å²) in [7, 11) is 0. The van der Waals surface area contributed by atoms with E-state index in [0.717, 1.165) is 19.6 Å². The first kappa shape index (κ1) is 12.1. The Bertz CT molecular complexity index is 263. The molecule has 0 unspecified atom stereocenters. The number of nitrogens with zero attached hydrogens (tertiary/aromatic N) is 2. The van der Waals surface area contributed by atoms with E-state index in [1.807, 2.05) is 6.92 Å². The van der Waals surface area contributed by atoms with E-state index in [9.17, 15) is 0 Å². The smallest absolute Gasteiger partial charge is 0.230 e. The molecule has 1 N–H and O–H groups in total. The van der Waals surface area contributed by atoms with Gasteiger partial charge in [0.1, 0.15) is 0 Å². The van der Waals surface area contributed by atoms with Crippen molar-refractivity contribution < 1.29 is 9.15 Å². The molecule has 1 heterocycles. The normalized spacial score (nSPS) is 10.8. The molecule has 15 heavy (non-hydrogen) atoms. The lowest BCUT2D eigenvalue weighted by Crippen LogP contribution is -2.11. The van der Waals surface area contributed by atoms with Crippen molar-refractivity contribution in [1.29, 1.82) is 0 Å². The largest absolute Gasteiger partial charge is 0.424 e. The van der Waals surface area contributed by atoms with Crippen molar-refractivity contribution in [1.82, 2.24) is 15.5 Å². The summed E-state index contributed by atoms with van der Waals surface area (Å²) in [5.41, 5.74) is 0. The van der Waals surface area contributed by atoms with E-state index in [1.165, 1.54) is 0 Å². The average molecular weight is 213 g/mol. The number of rotatable bonds is 8. The molecule has 1 aromatic heterocycles. The lowest BCUT2D eigenvalue weighted by Gasteiger charge is -1.98. The van der Waals surface area contributed by atoms with Crippen LogP contribution >= 0.6 is 0 Å². The van der Waals surface area contributed by atoms with E-state index in [2.05, 4.69) is 22.4 Å². The highest BCUT2D eigenvalue weighted by Crippen LogP contribution is 2.00. The van der Waals surface area contributed by atoms with Crippen LogP contribution in [0.25, 0.3) is 0 Å². The van der Waals surface area contributed by atoms with Gasteiger partial charge in [0.25, 0.3) is 0 Å². The highest BCUT2D eigenvalue weighted by atomic mass is 16.5. The zero-order chi connectivity index (χ0) is 10.9. The lowest BCUT2D eigenvalue weighted by molar-refractivity contribution is 0.133. The fourth-order valence-electron chi connectivity index (χ4n) is 1.10. The molecule has 1 aromatic rings. The summed E-state index contributed by atoms with van der Waals surface area (Å²) in [6.45, 7) is 7.10. The highest BCUT2D eigenvalue weighted by Gasteiger charge is 2.04. The Hall–Kier alpha value is -0.940. The van der Waals surface area contributed by atoms with E-state index in [1.54, 1.807) is 0 Å². The maximum absolute atomic E-state index is 5.40. The molecule has 0 amide bonds. The van der Waals surface area contributed by atoms with Gasteiger partial charge in [0, 0.05) is 13.0 Å². The number of hydrogen-bond donors (Lipinski definition) is 1. The van der Waals surface area contributed by atoms with Crippen molar-refractivity contribution in [3.63, 3.8) is 0 Å². The fraction of sp³-hybridized carbons (Fsp3) is 0.800. The van der Waals surface area contributed by atoms with E-state index >= 15 is 0 Å². The van der Waals surface area contributed by atoms with Crippen LogP contribution < -0.4 is 5.32 Å². The molecule has 0 saturated heterocycles. The molecule has 0 aliphatic rings. The number of hydrogen-bond acceptors (Lipinski definition) is 5. The van der Waals surface area contributed by atoms with Crippen LogP contribution in [-0.4, -0.2) is 30.0 Å². The highest BCUT2D eigenvalue weighted by molar-refractivity contribution is 4.81. The van der Waals surface area contributed by atoms with Crippen LogP contribution in [0.4, 0.5) is 0 Å². The number of aromatic nitrogens is 2. The molecule has 5 heteroatoms. The summed E-state index contributed by atoms with van der Waals surface area (Å²) in [5, 5.41) is 11.0. The van der Waals surface area contributed by atoms with Gasteiger partial charge in [-0.3, -0.25) is 0 Å². The summed E-state index contributed by atoms with van der Waals surface area (Å²) in [6, 6.07) is 0. The monoisotopic (exact) mass is 213 g/mol. The lowest BCUT2D eigenvalue weighted by atomic mass is 10.4. The summed E-state index contributed by atoms with van der Waals surface area (Å²) in [6.07, 6.45) is 1.73. The maximum Gasteiger partial charge on any atom is 0.230 e. The molecule has 0 saturated carbocycles. The topological polar surface area (TPSA) is 60.2 Å². The predicted octanol–water partition coefficient (Wildman–Crippen LogP) is 1.15. The number of nitrogens with one attached hydrogen (secondary N) is 1. The fourth-order valence-corrected chi connectivity index (χ4v) is 1.10. The van der Waals surface area contributed by atoms with Gasteiger partial charge in [0.15, 0.2) is 0 Å². The molecule has 86 valence electrons. The summed E-state index contributed by atoms with van der Waals surface area (Å²) >= 11 is 0.